The van der Waals surface area contributed by atoms with E-state index >= 15 is 0 Å². The van der Waals surface area contributed by atoms with Crippen molar-refractivity contribution in [3.05, 3.63) is 66.5 Å². The molecule has 1 saturated heterocycles. The van der Waals surface area contributed by atoms with Crippen molar-refractivity contribution < 1.29 is 14.4 Å². The van der Waals surface area contributed by atoms with Gasteiger partial charge in [0.1, 0.15) is 18.4 Å². The summed E-state index contributed by atoms with van der Waals surface area (Å²) in [4.78, 5) is 38.7. The minimum atomic E-state index is -1.31. The smallest absolute Gasteiger partial charge is 0.325 e. The number of tetrazole rings is 1. The van der Waals surface area contributed by atoms with Gasteiger partial charge in [-0.2, -0.15) is 0 Å². The molecule has 1 atom stereocenters. The minimum absolute atomic E-state index is 0.387. The van der Waals surface area contributed by atoms with E-state index in [1.165, 1.54) is 11.0 Å². The van der Waals surface area contributed by atoms with Crippen molar-refractivity contribution in [3.63, 3.8) is 0 Å². The standard InChI is InChI=1S/C19H17N7O3/c1-19(13-6-5-9-15(10-13)26-12-20-23-24-26)17(28)25(18(29)22-19)11-16(27)21-14-7-3-2-4-8-14/h2-10,12H,11H2,1H3,(H,21,27)(H,22,29). The summed E-state index contributed by atoms with van der Waals surface area (Å²) in [5.74, 6) is -0.981. The fourth-order valence-corrected chi connectivity index (χ4v) is 3.14. The van der Waals surface area contributed by atoms with Gasteiger partial charge in [0.2, 0.25) is 5.91 Å². The van der Waals surface area contributed by atoms with Gasteiger partial charge in [-0.15, -0.1) is 5.10 Å². The minimum Gasteiger partial charge on any atom is -0.325 e. The monoisotopic (exact) mass is 391 g/mol. The molecule has 1 aliphatic heterocycles. The number of rotatable bonds is 5. The van der Waals surface area contributed by atoms with Crippen LogP contribution in [-0.2, 0) is 15.1 Å². The molecule has 1 fully saturated rings. The van der Waals surface area contributed by atoms with Gasteiger partial charge in [-0.3, -0.25) is 14.5 Å². The summed E-state index contributed by atoms with van der Waals surface area (Å²) in [6.45, 7) is 1.21. The molecule has 10 heteroatoms. The molecule has 29 heavy (non-hydrogen) atoms. The van der Waals surface area contributed by atoms with Crippen LogP contribution in [0.2, 0.25) is 0 Å². The zero-order valence-electron chi connectivity index (χ0n) is 15.4. The summed E-state index contributed by atoms with van der Waals surface area (Å²) >= 11 is 0. The second-order valence-corrected chi connectivity index (χ2v) is 6.67. The molecule has 1 aromatic heterocycles. The van der Waals surface area contributed by atoms with Crippen LogP contribution >= 0.6 is 0 Å². The maximum atomic E-state index is 13.0. The van der Waals surface area contributed by atoms with E-state index in [0.29, 0.717) is 16.9 Å². The molecule has 4 amide bonds. The highest BCUT2D eigenvalue weighted by atomic mass is 16.2. The third-order valence-electron chi connectivity index (χ3n) is 4.67. The van der Waals surface area contributed by atoms with Crippen LogP contribution in [0.15, 0.2) is 60.9 Å². The lowest BCUT2D eigenvalue weighted by atomic mass is 9.91. The van der Waals surface area contributed by atoms with Gasteiger partial charge in [-0.1, -0.05) is 30.3 Å². The number of para-hydroxylation sites is 1. The third kappa shape index (κ3) is 3.43. The average molecular weight is 391 g/mol. The highest BCUT2D eigenvalue weighted by Crippen LogP contribution is 2.29. The molecule has 1 unspecified atom stereocenters. The first kappa shape index (κ1) is 18.3. The zero-order valence-corrected chi connectivity index (χ0v) is 15.4. The molecule has 146 valence electrons. The Morgan fingerprint density at radius 1 is 1.14 bits per heavy atom. The molecule has 0 radical (unpaired) electrons. The maximum Gasteiger partial charge on any atom is 0.325 e. The third-order valence-corrected chi connectivity index (χ3v) is 4.67. The molecule has 10 nitrogen and oxygen atoms in total. The Labute approximate surface area is 165 Å². The summed E-state index contributed by atoms with van der Waals surface area (Å²) in [5.41, 5.74) is 0.459. The molecule has 0 aliphatic carbocycles. The van der Waals surface area contributed by atoms with Crippen molar-refractivity contribution in [2.75, 3.05) is 11.9 Å². The molecule has 2 N–H and O–H groups in total. The van der Waals surface area contributed by atoms with Crippen LogP contribution in [0.4, 0.5) is 10.5 Å². The van der Waals surface area contributed by atoms with Crippen LogP contribution in [0, 0.1) is 0 Å². The Balaban J connectivity index is 1.54. The van der Waals surface area contributed by atoms with Gasteiger partial charge >= 0.3 is 6.03 Å². The van der Waals surface area contributed by atoms with Gasteiger partial charge in [0, 0.05) is 5.69 Å². The molecule has 0 saturated carbocycles. The van der Waals surface area contributed by atoms with Crippen LogP contribution in [0.3, 0.4) is 0 Å². The fourth-order valence-electron chi connectivity index (χ4n) is 3.14. The summed E-state index contributed by atoms with van der Waals surface area (Å²) in [7, 11) is 0. The number of nitrogens with one attached hydrogen (secondary N) is 2. The van der Waals surface area contributed by atoms with Crippen molar-refractivity contribution in [3.8, 4) is 5.69 Å². The average Bonchev–Trinajstić information content (AvgIpc) is 3.33. The van der Waals surface area contributed by atoms with Gasteiger partial charge < -0.3 is 10.6 Å². The number of aromatic nitrogens is 4. The summed E-state index contributed by atoms with van der Waals surface area (Å²) < 4.78 is 1.44. The molecule has 1 aliphatic rings. The predicted molar refractivity (Wildman–Crippen MR) is 102 cm³/mol. The second kappa shape index (κ2) is 7.15. The van der Waals surface area contributed by atoms with Crippen molar-refractivity contribution in [1.82, 2.24) is 30.4 Å². The zero-order chi connectivity index (χ0) is 20.4. The van der Waals surface area contributed by atoms with E-state index < -0.39 is 23.4 Å². The highest BCUT2D eigenvalue weighted by molar-refractivity contribution is 6.10. The molecule has 0 spiro atoms. The van der Waals surface area contributed by atoms with Gasteiger partial charge in [-0.05, 0) is 47.2 Å². The first-order valence-electron chi connectivity index (χ1n) is 8.80. The molecular formula is C19H17N7O3. The Kier molecular flexibility index (Phi) is 4.51. The van der Waals surface area contributed by atoms with Crippen LogP contribution in [0.1, 0.15) is 12.5 Å². The van der Waals surface area contributed by atoms with Crippen molar-refractivity contribution in [1.29, 1.82) is 0 Å². The molecule has 3 aromatic rings. The van der Waals surface area contributed by atoms with Gasteiger partial charge in [0.15, 0.2) is 0 Å². The SMILES string of the molecule is CC1(c2cccc(-n3cnnn3)c2)NC(=O)N(CC(=O)Nc2ccccc2)C1=O. The lowest BCUT2D eigenvalue weighted by molar-refractivity contribution is -0.133. The number of benzene rings is 2. The van der Waals surface area contributed by atoms with Crippen LogP contribution < -0.4 is 10.6 Å². The van der Waals surface area contributed by atoms with E-state index in [9.17, 15) is 14.4 Å². The van der Waals surface area contributed by atoms with E-state index in [1.807, 2.05) is 6.07 Å². The Bertz CT molecular complexity index is 1070. The lowest BCUT2D eigenvalue weighted by Gasteiger charge is -2.22. The second-order valence-electron chi connectivity index (χ2n) is 6.67. The number of nitrogens with zero attached hydrogens (tertiary/aromatic N) is 5. The normalized spacial score (nSPS) is 18.6. The predicted octanol–water partition coefficient (Wildman–Crippen LogP) is 1.07. The van der Waals surface area contributed by atoms with Gasteiger partial charge in [0.05, 0.1) is 5.69 Å². The van der Waals surface area contributed by atoms with Crippen LogP contribution in [-0.4, -0.2) is 49.5 Å². The molecule has 0 bridgehead atoms. The Morgan fingerprint density at radius 3 is 2.66 bits per heavy atom. The molecule has 4 rings (SSSR count). The molecule has 2 heterocycles. The molecule has 2 aromatic carbocycles. The van der Waals surface area contributed by atoms with Crippen molar-refractivity contribution in [2.24, 2.45) is 0 Å². The first-order chi connectivity index (χ1) is 14.0. The Morgan fingerprint density at radius 2 is 1.93 bits per heavy atom. The number of carbonyl (C=O) groups is 3. The number of urea groups is 1. The van der Waals surface area contributed by atoms with Gasteiger partial charge in [-0.25, -0.2) is 9.48 Å². The largest absolute Gasteiger partial charge is 0.325 e. The topological polar surface area (TPSA) is 122 Å². The summed E-state index contributed by atoms with van der Waals surface area (Å²) in [6, 6.07) is 15.1. The highest BCUT2D eigenvalue weighted by Gasteiger charge is 2.49. The van der Waals surface area contributed by atoms with Crippen molar-refractivity contribution in [2.45, 2.75) is 12.5 Å². The number of hydrogen-bond acceptors (Lipinski definition) is 6. The number of amides is 4. The van der Waals surface area contributed by atoms with E-state index in [-0.39, 0.29) is 6.54 Å². The van der Waals surface area contributed by atoms with E-state index in [1.54, 1.807) is 55.5 Å². The Hall–Kier alpha value is -4.08. The van der Waals surface area contributed by atoms with Crippen LogP contribution in [0.5, 0.6) is 0 Å². The number of hydrogen-bond donors (Lipinski definition) is 2. The quantitative estimate of drug-likeness (QED) is 0.628. The first-order valence-corrected chi connectivity index (χ1v) is 8.80. The number of carbonyl (C=O) groups excluding carboxylic acids is 3. The lowest BCUT2D eigenvalue weighted by Crippen LogP contribution is -2.42. The van der Waals surface area contributed by atoms with E-state index in [4.69, 9.17) is 0 Å². The summed E-state index contributed by atoms with van der Waals surface area (Å²) in [5, 5.41) is 16.4. The number of imide groups is 1. The van der Waals surface area contributed by atoms with Gasteiger partial charge in [0.25, 0.3) is 5.91 Å². The molecular weight excluding hydrogens is 374 g/mol. The number of anilines is 1. The fraction of sp³-hybridized carbons (Fsp3) is 0.158. The van der Waals surface area contributed by atoms with E-state index in [0.717, 1.165) is 4.90 Å². The van der Waals surface area contributed by atoms with Crippen LogP contribution in [0.25, 0.3) is 5.69 Å². The maximum absolute atomic E-state index is 13.0. The van der Waals surface area contributed by atoms with E-state index in [2.05, 4.69) is 26.2 Å². The summed E-state index contributed by atoms with van der Waals surface area (Å²) in [6.07, 6.45) is 1.43. The van der Waals surface area contributed by atoms with Crippen molar-refractivity contribution >= 4 is 23.5 Å².